The third kappa shape index (κ3) is 2.58. The molecule has 1 aromatic rings. The highest BCUT2D eigenvalue weighted by molar-refractivity contribution is 5.79. The van der Waals surface area contributed by atoms with Crippen LogP contribution in [0.2, 0.25) is 0 Å². The van der Waals surface area contributed by atoms with Gasteiger partial charge in [-0.25, -0.2) is 5.84 Å². The van der Waals surface area contributed by atoms with Gasteiger partial charge in [0, 0.05) is 20.1 Å². The molecule has 19 heavy (non-hydrogen) atoms. The second kappa shape index (κ2) is 5.79. The monoisotopic (exact) mass is 264 g/mol. The molecule has 2 rings (SSSR count). The first-order chi connectivity index (χ1) is 9.23. The molecule has 0 bridgehead atoms. The van der Waals surface area contributed by atoms with Crippen molar-refractivity contribution in [2.75, 3.05) is 27.8 Å². The number of aliphatic imine (C=N–C) groups is 1. The lowest BCUT2D eigenvalue weighted by Crippen LogP contribution is -2.46. The van der Waals surface area contributed by atoms with Gasteiger partial charge in [-0.05, 0) is 29.7 Å². The number of nitrogens with two attached hydrogens (primary N) is 1. The maximum atomic E-state index is 5.47. The van der Waals surface area contributed by atoms with E-state index in [1.165, 1.54) is 11.1 Å². The van der Waals surface area contributed by atoms with E-state index in [-0.39, 0.29) is 0 Å². The zero-order valence-electron chi connectivity index (χ0n) is 11.6. The van der Waals surface area contributed by atoms with Crippen molar-refractivity contribution in [2.45, 2.75) is 13.0 Å². The van der Waals surface area contributed by atoms with E-state index >= 15 is 0 Å². The first-order valence-electron chi connectivity index (χ1n) is 6.15. The second-order valence-corrected chi connectivity index (χ2v) is 4.34. The zero-order chi connectivity index (χ0) is 13.8. The van der Waals surface area contributed by atoms with Gasteiger partial charge < -0.3 is 14.4 Å². The topological polar surface area (TPSA) is 72.1 Å². The molecule has 1 aliphatic heterocycles. The van der Waals surface area contributed by atoms with Crippen LogP contribution in [0.25, 0.3) is 0 Å². The normalized spacial score (nSPS) is 14.9. The highest BCUT2D eigenvalue weighted by atomic mass is 16.5. The van der Waals surface area contributed by atoms with Gasteiger partial charge in [-0.15, -0.1) is 0 Å². The Bertz CT molecular complexity index is 488. The fourth-order valence-corrected chi connectivity index (χ4v) is 2.36. The molecule has 0 radical (unpaired) electrons. The van der Waals surface area contributed by atoms with Crippen LogP contribution in [0.1, 0.15) is 11.1 Å². The highest BCUT2D eigenvalue weighted by Gasteiger charge is 2.21. The lowest BCUT2D eigenvalue weighted by Gasteiger charge is -2.31. The number of benzene rings is 1. The van der Waals surface area contributed by atoms with E-state index in [4.69, 9.17) is 15.3 Å². The summed E-state index contributed by atoms with van der Waals surface area (Å²) in [6.07, 6.45) is 0.927. The summed E-state index contributed by atoms with van der Waals surface area (Å²) in [4.78, 5) is 6.24. The van der Waals surface area contributed by atoms with Crippen LogP contribution in [0.4, 0.5) is 0 Å². The van der Waals surface area contributed by atoms with Crippen molar-refractivity contribution >= 4 is 5.96 Å². The van der Waals surface area contributed by atoms with Crippen molar-refractivity contribution in [3.8, 4) is 11.5 Å². The smallest absolute Gasteiger partial charge is 0.208 e. The van der Waals surface area contributed by atoms with Gasteiger partial charge in [0.1, 0.15) is 0 Å². The number of rotatable bonds is 2. The van der Waals surface area contributed by atoms with E-state index in [1.807, 2.05) is 12.1 Å². The van der Waals surface area contributed by atoms with Gasteiger partial charge >= 0.3 is 0 Å². The van der Waals surface area contributed by atoms with Gasteiger partial charge in [0.2, 0.25) is 5.96 Å². The zero-order valence-corrected chi connectivity index (χ0v) is 11.6. The van der Waals surface area contributed by atoms with Crippen molar-refractivity contribution in [1.82, 2.24) is 10.3 Å². The summed E-state index contributed by atoms with van der Waals surface area (Å²) in [6, 6.07) is 4.06. The summed E-state index contributed by atoms with van der Waals surface area (Å²) in [7, 11) is 5.02. The molecule has 0 unspecified atom stereocenters. The fraction of sp³-hybridized carbons (Fsp3) is 0.462. The van der Waals surface area contributed by atoms with E-state index in [0.717, 1.165) is 31.0 Å². The Morgan fingerprint density at radius 2 is 1.89 bits per heavy atom. The highest BCUT2D eigenvalue weighted by Crippen LogP contribution is 2.33. The average molecular weight is 264 g/mol. The van der Waals surface area contributed by atoms with Crippen LogP contribution < -0.4 is 20.7 Å². The minimum Gasteiger partial charge on any atom is -0.493 e. The van der Waals surface area contributed by atoms with Crippen molar-refractivity contribution < 1.29 is 9.47 Å². The van der Waals surface area contributed by atoms with Crippen molar-refractivity contribution in [2.24, 2.45) is 10.8 Å². The van der Waals surface area contributed by atoms with E-state index in [9.17, 15) is 0 Å². The van der Waals surface area contributed by atoms with Crippen LogP contribution in [-0.4, -0.2) is 38.7 Å². The van der Waals surface area contributed by atoms with Gasteiger partial charge in [0.25, 0.3) is 0 Å². The molecular weight excluding hydrogens is 244 g/mol. The molecule has 0 saturated heterocycles. The molecule has 0 aromatic heterocycles. The first kappa shape index (κ1) is 13.5. The summed E-state index contributed by atoms with van der Waals surface area (Å²) < 4.78 is 10.7. The molecule has 1 aromatic carbocycles. The number of ether oxygens (including phenoxy) is 2. The third-order valence-electron chi connectivity index (χ3n) is 3.36. The molecule has 1 aliphatic rings. The predicted molar refractivity (Wildman–Crippen MR) is 74.3 cm³/mol. The van der Waals surface area contributed by atoms with Crippen LogP contribution in [0.3, 0.4) is 0 Å². The summed E-state index contributed by atoms with van der Waals surface area (Å²) in [6.45, 7) is 1.63. The van der Waals surface area contributed by atoms with Crippen LogP contribution >= 0.6 is 0 Å². The van der Waals surface area contributed by atoms with Crippen molar-refractivity contribution in [3.63, 3.8) is 0 Å². The lowest BCUT2D eigenvalue weighted by atomic mass is 9.99. The number of guanidine groups is 1. The summed E-state index contributed by atoms with van der Waals surface area (Å²) in [5.74, 6) is 7.69. The number of fused-ring (bicyclic) bond motifs is 1. The molecule has 0 saturated carbocycles. The maximum Gasteiger partial charge on any atom is 0.208 e. The molecule has 104 valence electrons. The number of nitrogens with one attached hydrogen (secondary N) is 1. The van der Waals surface area contributed by atoms with Crippen molar-refractivity contribution in [1.29, 1.82) is 0 Å². The fourth-order valence-electron chi connectivity index (χ4n) is 2.36. The number of nitrogens with zero attached hydrogens (tertiary/aromatic N) is 2. The van der Waals surface area contributed by atoms with E-state index in [1.54, 1.807) is 21.3 Å². The molecule has 0 fully saturated rings. The molecule has 0 spiro atoms. The molecule has 0 aliphatic carbocycles. The molecule has 3 N–H and O–H groups in total. The van der Waals surface area contributed by atoms with Gasteiger partial charge in [0.05, 0.1) is 14.2 Å². The predicted octanol–water partition coefficient (Wildman–Crippen LogP) is 0.511. The van der Waals surface area contributed by atoms with Crippen LogP contribution in [0.5, 0.6) is 11.5 Å². The maximum absolute atomic E-state index is 5.47. The minimum absolute atomic E-state index is 0.695. The van der Waals surface area contributed by atoms with Gasteiger partial charge in [-0.1, -0.05) is 0 Å². The SMILES string of the molecule is CN=C(NN)N1CCc2cc(OC)c(OC)cc2C1. The number of methoxy groups -OCH3 is 2. The van der Waals surface area contributed by atoms with E-state index in [2.05, 4.69) is 15.3 Å². The van der Waals surface area contributed by atoms with Gasteiger partial charge in [-0.3, -0.25) is 10.4 Å². The molecule has 0 amide bonds. The Morgan fingerprint density at radius 3 is 2.42 bits per heavy atom. The first-order valence-corrected chi connectivity index (χ1v) is 6.15. The summed E-state index contributed by atoms with van der Waals surface area (Å²) in [5, 5.41) is 0. The second-order valence-electron chi connectivity index (χ2n) is 4.34. The Kier molecular flexibility index (Phi) is 4.11. The van der Waals surface area contributed by atoms with E-state index < -0.39 is 0 Å². The molecular formula is C13H20N4O2. The quantitative estimate of drug-likeness (QED) is 0.352. The number of hydrogen-bond acceptors (Lipinski definition) is 4. The molecule has 6 heteroatoms. The summed E-state index contributed by atoms with van der Waals surface area (Å²) in [5.41, 5.74) is 5.11. The van der Waals surface area contributed by atoms with Crippen LogP contribution in [0, 0.1) is 0 Å². The largest absolute Gasteiger partial charge is 0.493 e. The Balaban J connectivity index is 2.30. The Labute approximate surface area is 113 Å². The minimum atomic E-state index is 0.695. The van der Waals surface area contributed by atoms with Crippen LogP contribution in [-0.2, 0) is 13.0 Å². The average Bonchev–Trinajstić information content (AvgIpc) is 2.46. The van der Waals surface area contributed by atoms with Crippen LogP contribution in [0.15, 0.2) is 17.1 Å². The lowest BCUT2D eigenvalue weighted by molar-refractivity contribution is 0.346. The number of hydrazine groups is 1. The third-order valence-corrected chi connectivity index (χ3v) is 3.36. The van der Waals surface area contributed by atoms with Gasteiger partial charge in [-0.2, -0.15) is 0 Å². The molecule has 0 atom stereocenters. The molecule has 1 heterocycles. The summed E-state index contributed by atoms with van der Waals surface area (Å²) >= 11 is 0. The Morgan fingerprint density at radius 1 is 1.26 bits per heavy atom. The van der Waals surface area contributed by atoms with Gasteiger partial charge in [0.15, 0.2) is 11.5 Å². The van der Waals surface area contributed by atoms with E-state index in [0.29, 0.717) is 5.96 Å². The number of hydrogen-bond donors (Lipinski definition) is 2. The standard InChI is InChI=1S/C13H20N4O2/c1-15-13(16-14)17-5-4-9-6-11(18-2)12(19-3)7-10(9)8-17/h6-7H,4-5,8,14H2,1-3H3,(H,15,16). The van der Waals surface area contributed by atoms with Crippen molar-refractivity contribution in [3.05, 3.63) is 23.3 Å². The Hall–Kier alpha value is -1.95. The molecule has 6 nitrogen and oxygen atoms in total.